The molecule has 0 aliphatic carbocycles. The maximum absolute atomic E-state index is 13.1. The molecule has 1 aromatic heterocycles. The Balaban J connectivity index is 1.41. The fourth-order valence-electron chi connectivity index (χ4n) is 3.92. The summed E-state index contributed by atoms with van der Waals surface area (Å²) in [5.41, 5.74) is 3.70. The van der Waals surface area contributed by atoms with E-state index in [2.05, 4.69) is 15.5 Å². The monoisotopic (exact) mass is 483 g/mol. The van der Waals surface area contributed by atoms with Gasteiger partial charge in [0.1, 0.15) is 0 Å². The van der Waals surface area contributed by atoms with Gasteiger partial charge in [-0.05, 0) is 74.2 Å². The van der Waals surface area contributed by atoms with Crippen molar-refractivity contribution < 1.29 is 9.59 Å². The number of amides is 2. The van der Waals surface area contributed by atoms with E-state index in [0.29, 0.717) is 22.3 Å². The third kappa shape index (κ3) is 5.23. The van der Waals surface area contributed by atoms with E-state index in [0.717, 1.165) is 29.9 Å². The number of hydrogen-bond donors (Lipinski definition) is 1. The van der Waals surface area contributed by atoms with Crippen molar-refractivity contribution in [2.45, 2.75) is 37.9 Å². The van der Waals surface area contributed by atoms with Gasteiger partial charge in [-0.1, -0.05) is 29.4 Å². The van der Waals surface area contributed by atoms with Crippen LogP contribution in [0.4, 0.5) is 5.69 Å². The molecule has 0 bridgehead atoms. The lowest BCUT2D eigenvalue weighted by Gasteiger charge is -2.24. The first-order valence-electron chi connectivity index (χ1n) is 10.8. The molecule has 1 fully saturated rings. The number of thioether (sulfide) groups is 1. The van der Waals surface area contributed by atoms with Gasteiger partial charge in [-0.3, -0.25) is 9.59 Å². The van der Waals surface area contributed by atoms with Crippen molar-refractivity contribution in [2.24, 2.45) is 7.05 Å². The van der Waals surface area contributed by atoms with Crippen LogP contribution in [0.25, 0.3) is 0 Å². The van der Waals surface area contributed by atoms with E-state index in [4.69, 9.17) is 11.6 Å². The zero-order valence-corrected chi connectivity index (χ0v) is 20.4. The summed E-state index contributed by atoms with van der Waals surface area (Å²) in [5, 5.41) is 12.8. The van der Waals surface area contributed by atoms with Gasteiger partial charge in [-0.2, -0.15) is 0 Å². The highest BCUT2D eigenvalue weighted by Gasteiger charge is 2.34. The lowest BCUT2D eigenvalue weighted by atomic mass is 10.1. The topological polar surface area (TPSA) is 80.1 Å². The van der Waals surface area contributed by atoms with Crippen molar-refractivity contribution >= 4 is 40.9 Å². The molecule has 1 aliphatic heterocycles. The Labute approximate surface area is 202 Å². The van der Waals surface area contributed by atoms with Crippen molar-refractivity contribution in [3.05, 3.63) is 70.0 Å². The standard InChI is InChI=1S/C24H26ClN5O2S/c1-15-6-11-19(13-16(15)2)26-21(31)14-33-24-28-27-22(29(24)3)20-5-4-12-30(20)23(32)17-7-9-18(25)10-8-17/h6-11,13,20H,4-5,12,14H2,1-3H3,(H,26,31). The fourth-order valence-corrected chi connectivity index (χ4v) is 4.77. The van der Waals surface area contributed by atoms with Crippen molar-refractivity contribution in [1.29, 1.82) is 0 Å². The molecule has 1 atom stereocenters. The SMILES string of the molecule is Cc1ccc(NC(=O)CSc2nnc(C3CCCN3C(=O)c3ccc(Cl)cc3)n2C)cc1C. The molecule has 0 radical (unpaired) electrons. The fraction of sp³-hybridized carbons (Fsp3) is 0.333. The molecule has 9 heteroatoms. The number of anilines is 1. The van der Waals surface area contributed by atoms with Crippen LogP contribution >= 0.6 is 23.4 Å². The summed E-state index contributed by atoms with van der Waals surface area (Å²) in [6.07, 6.45) is 1.72. The smallest absolute Gasteiger partial charge is 0.254 e. The molecule has 2 aromatic carbocycles. The highest BCUT2D eigenvalue weighted by molar-refractivity contribution is 7.99. The van der Waals surface area contributed by atoms with Crippen LogP contribution in [0.1, 0.15) is 46.2 Å². The second-order valence-electron chi connectivity index (χ2n) is 8.20. The van der Waals surface area contributed by atoms with E-state index in [1.165, 1.54) is 17.3 Å². The zero-order valence-electron chi connectivity index (χ0n) is 18.8. The van der Waals surface area contributed by atoms with Gasteiger partial charge in [0.2, 0.25) is 5.91 Å². The van der Waals surface area contributed by atoms with E-state index < -0.39 is 0 Å². The largest absolute Gasteiger partial charge is 0.328 e. The van der Waals surface area contributed by atoms with E-state index >= 15 is 0 Å². The molecule has 1 unspecified atom stereocenters. The lowest BCUT2D eigenvalue weighted by molar-refractivity contribution is -0.113. The van der Waals surface area contributed by atoms with E-state index in [-0.39, 0.29) is 23.6 Å². The lowest BCUT2D eigenvalue weighted by Crippen LogP contribution is -2.31. The van der Waals surface area contributed by atoms with Crippen LogP contribution in [-0.2, 0) is 11.8 Å². The molecule has 7 nitrogen and oxygen atoms in total. The number of carbonyl (C=O) groups excluding carboxylic acids is 2. The van der Waals surface area contributed by atoms with E-state index in [1.54, 1.807) is 24.3 Å². The second-order valence-corrected chi connectivity index (χ2v) is 9.58. The number of aryl methyl sites for hydroxylation is 2. The van der Waals surface area contributed by atoms with Gasteiger partial charge in [0.15, 0.2) is 11.0 Å². The van der Waals surface area contributed by atoms with Gasteiger partial charge in [0, 0.05) is 29.9 Å². The number of aromatic nitrogens is 3. The summed E-state index contributed by atoms with van der Waals surface area (Å²) in [6, 6.07) is 12.6. The second kappa shape index (κ2) is 9.97. The number of nitrogens with one attached hydrogen (secondary N) is 1. The Bertz CT molecular complexity index is 1180. The Kier molecular flexibility index (Phi) is 7.05. The van der Waals surface area contributed by atoms with Gasteiger partial charge in [-0.25, -0.2) is 0 Å². The van der Waals surface area contributed by atoms with Crippen LogP contribution in [0.3, 0.4) is 0 Å². The van der Waals surface area contributed by atoms with Gasteiger partial charge in [0.25, 0.3) is 5.91 Å². The molecular formula is C24H26ClN5O2S. The Morgan fingerprint density at radius 1 is 1.12 bits per heavy atom. The summed E-state index contributed by atoms with van der Waals surface area (Å²) < 4.78 is 1.88. The van der Waals surface area contributed by atoms with Gasteiger partial charge in [-0.15, -0.1) is 10.2 Å². The molecule has 4 rings (SSSR count). The quantitative estimate of drug-likeness (QED) is 0.510. The summed E-state index contributed by atoms with van der Waals surface area (Å²) in [7, 11) is 1.88. The number of hydrogen-bond acceptors (Lipinski definition) is 5. The molecule has 2 amide bonds. The average molecular weight is 484 g/mol. The number of halogens is 1. The molecule has 0 spiro atoms. The number of carbonyl (C=O) groups is 2. The van der Waals surface area contributed by atoms with Crippen LogP contribution in [0.2, 0.25) is 5.02 Å². The molecule has 3 aromatic rings. The van der Waals surface area contributed by atoms with Crippen molar-refractivity contribution in [3.8, 4) is 0 Å². The molecule has 1 saturated heterocycles. The van der Waals surface area contributed by atoms with Gasteiger partial charge in [0.05, 0.1) is 11.8 Å². The Morgan fingerprint density at radius 3 is 2.61 bits per heavy atom. The van der Waals surface area contributed by atoms with E-state index in [1.807, 2.05) is 48.6 Å². The molecular weight excluding hydrogens is 458 g/mol. The van der Waals surface area contributed by atoms with Crippen molar-refractivity contribution in [3.63, 3.8) is 0 Å². The zero-order chi connectivity index (χ0) is 23.5. The van der Waals surface area contributed by atoms with Gasteiger partial charge >= 0.3 is 0 Å². The van der Waals surface area contributed by atoms with Crippen LogP contribution < -0.4 is 5.32 Å². The first kappa shape index (κ1) is 23.3. The average Bonchev–Trinajstić information content (AvgIpc) is 3.41. The third-order valence-corrected chi connectivity index (χ3v) is 7.17. The molecule has 172 valence electrons. The molecule has 1 N–H and O–H groups in total. The highest BCUT2D eigenvalue weighted by Crippen LogP contribution is 2.33. The minimum absolute atomic E-state index is 0.0425. The Hall–Kier alpha value is -2.84. The summed E-state index contributed by atoms with van der Waals surface area (Å²) in [4.78, 5) is 27.3. The molecule has 2 heterocycles. The first-order chi connectivity index (χ1) is 15.8. The normalized spacial score (nSPS) is 15.6. The maximum Gasteiger partial charge on any atom is 0.254 e. The summed E-state index contributed by atoms with van der Waals surface area (Å²) in [6.45, 7) is 4.72. The predicted molar refractivity (Wildman–Crippen MR) is 131 cm³/mol. The van der Waals surface area contributed by atoms with Crippen LogP contribution in [0.5, 0.6) is 0 Å². The number of benzene rings is 2. The van der Waals surface area contributed by atoms with Gasteiger partial charge < -0.3 is 14.8 Å². The minimum atomic E-state index is -0.149. The molecule has 33 heavy (non-hydrogen) atoms. The first-order valence-corrected chi connectivity index (χ1v) is 12.2. The predicted octanol–water partition coefficient (Wildman–Crippen LogP) is 4.79. The minimum Gasteiger partial charge on any atom is -0.328 e. The maximum atomic E-state index is 13.1. The number of rotatable bonds is 6. The van der Waals surface area contributed by atoms with Crippen LogP contribution in [0, 0.1) is 13.8 Å². The van der Waals surface area contributed by atoms with Crippen molar-refractivity contribution in [1.82, 2.24) is 19.7 Å². The third-order valence-electron chi connectivity index (χ3n) is 5.89. The summed E-state index contributed by atoms with van der Waals surface area (Å²) >= 11 is 7.29. The number of nitrogens with zero attached hydrogens (tertiary/aromatic N) is 4. The van der Waals surface area contributed by atoms with E-state index in [9.17, 15) is 9.59 Å². The highest BCUT2D eigenvalue weighted by atomic mass is 35.5. The summed E-state index contributed by atoms with van der Waals surface area (Å²) in [5.74, 6) is 0.802. The van der Waals surface area contributed by atoms with Crippen molar-refractivity contribution in [2.75, 3.05) is 17.6 Å². The Morgan fingerprint density at radius 2 is 1.88 bits per heavy atom. The van der Waals surface area contributed by atoms with Crippen LogP contribution in [0.15, 0.2) is 47.6 Å². The number of likely N-dealkylation sites (tertiary alicyclic amines) is 1. The van der Waals surface area contributed by atoms with Crippen LogP contribution in [-0.4, -0.2) is 43.8 Å². The molecule has 1 aliphatic rings. The molecule has 0 saturated carbocycles.